The third-order valence-electron chi connectivity index (χ3n) is 5.70. The Labute approximate surface area is 208 Å². The zero-order chi connectivity index (χ0) is 25.5. The van der Waals surface area contributed by atoms with E-state index in [1.165, 1.54) is 37.6 Å². The summed E-state index contributed by atoms with van der Waals surface area (Å²) in [6.07, 6.45) is 1.50. The van der Waals surface area contributed by atoms with Gasteiger partial charge in [0.15, 0.2) is 0 Å². The van der Waals surface area contributed by atoms with Crippen LogP contribution in [0, 0.1) is 0 Å². The number of amides is 2. The van der Waals surface area contributed by atoms with E-state index in [0.29, 0.717) is 11.4 Å². The highest BCUT2D eigenvalue weighted by Crippen LogP contribution is 2.36. The first-order chi connectivity index (χ1) is 16.4. The number of carbonyl (C=O) groups excluding carboxylic acids is 2. The highest BCUT2D eigenvalue weighted by molar-refractivity contribution is 7.92. The Morgan fingerprint density at radius 3 is 2.29 bits per heavy atom. The number of aromatic nitrogens is 1. The summed E-state index contributed by atoms with van der Waals surface area (Å²) in [5.41, 5.74) is 1.32. The van der Waals surface area contributed by atoms with E-state index in [9.17, 15) is 18.0 Å². The predicted octanol–water partition coefficient (Wildman–Crippen LogP) is 4.64. The van der Waals surface area contributed by atoms with Crippen molar-refractivity contribution < 1.29 is 22.7 Å². The number of anilines is 1. The van der Waals surface area contributed by atoms with Crippen molar-refractivity contribution in [1.82, 2.24) is 9.88 Å². The Bertz CT molecular complexity index is 1430. The summed E-state index contributed by atoms with van der Waals surface area (Å²) >= 11 is 6.26. The van der Waals surface area contributed by atoms with Crippen LogP contribution in [0.5, 0.6) is 5.88 Å². The third kappa shape index (κ3) is 4.74. The monoisotopic (exact) mass is 513 g/mol. The van der Waals surface area contributed by atoms with Crippen molar-refractivity contribution in [3.63, 3.8) is 0 Å². The van der Waals surface area contributed by atoms with Crippen LogP contribution in [0.3, 0.4) is 0 Å². The van der Waals surface area contributed by atoms with Crippen LogP contribution in [0.25, 0.3) is 0 Å². The molecular formula is C25H24ClN3O5S. The van der Waals surface area contributed by atoms with Gasteiger partial charge in [0.2, 0.25) is 5.88 Å². The molecule has 0 spiro atoms. The van der Waals surface area contributed by atoms with Crippen molar-refractivity contribution in [3.8, 4) is 5.88 Å². The van der Waals surface area contributed by atoms with E-state index in [0.717, 1.165) is 10.5 Å². The van der Waals surface area contributed by atoms with Crippen LogP contribution in [-0.2, 0) is 22.0 Å². The Morgan fingerprint density at radius 1 is 1.00 bits per heavy atom. The number of imide groups is 1. The fraction of sp³-hybridized carbons (Fsp3) is 0.240. The molecule has 0 bridgehead atoms. The molecule has 182 valence electrons. The van der Waals surface area contributed by atoms with Gasteiger partial charge in [-0.3, -0.25) is 19.2 Å². The number of sulfonamides is 1. The number of fused-ring (bicyclic) bond motifs is 1. The molecule has 1 aliphatic heterocycles. The summed E-state index contributed by atoms with van der Waals surface area (Å²) < 4.78 is 33.8. The Morgan fingerprint density at radius 2 is 1.66 bits per heavy atom. The summed E-state index contributed by atoms with van der Waals surface area (Å²) in [6.45, 7) is 6.04. The maximum atomic E-state index is 13.3. The van der Waals surface area contributed by atoms with Crippen molar-refractivity contribution in [1.29, 1.82) is 0 Å². The molecule has 4 rings (SSSR count). The lowest BCUT2D eigenvalue weighted by atomic mass is 9.87. The molecule has 1 N–H and O–H groups in total. The number of methoxy groups -OCH3 is 1. The molecule has 0 aliphatic carbocycles. The number of hydrogen-bond donors (Lipinski definition) is 1. The van der Waals surface area contributed by atoms with Crippen LogP contribution < -0.4 is 9.46 Å². The minimum absolute atomic E-state index is 0.0162. The molecule has 0 unspecified atom stereocenters. The van der Waals surface area contributed by atoms with Crippen LogP contribution in [0.1, 0.15) is 52.6 Å². The summed E-state index contributed by atoms with van der Waals surface area (Å²) in [7, 11) is -2.57. The maximum absolute atomic E-state index is 13.3. The second kappa shape index (κ2) is 8.98. The van der Waals surface area contributed by atoms with Crippen LogP contribution in [-0.4, -0.2) is 37.2 Å². The van der Waals surface area contributed by atoms with Gasteiger partial charge >= 0.3 is 0 Å². The smallest absolute Gasteiger partial charge is 0.264 e. The molecule has 2 heterocycles. The topological polar surface area (TPSA) is 106 Å². The van der Waals surface area contributed by atoms with Gasteiger partial charge < -0.3 is 4.74 Å². The zero-order valence-electron chi connectivity index (χ0n) is 19.6. The summed E-state index contributed by atoms with van der Waals surface area (Å²) in [6, 6.07) is 12.6. The molecule has 2 aromatic carbocycles. The summed E-state index contributed by atoms with van der Waals surface area (Å²) in [4.78, 5) is 31.5. The molecule has 0 atom stereocenters. The molecule has 0 saturated heterocycles. The number of carbonyl (C=O) groups is 2. The Kier molecular flexibility index (Phi) is 6.33. The molecule has 8 nitrogen and oxygen atoms in total. The number of nitrogens with one attached hydrogen (secondary N) is 1. The first kappa shape index (κ1) is 24.7. The third-order valence-corrected chi connectivity index (χ3v) is 7.39. The number of hydrogen-bond acceptors (Lipinski definition) is 6. The van der Waals surface area contributed by atoms with E-state index >= 15 is 0 Å². The number of ether oxygens (including phenoxy) is 1. The highest BCUT2D eigenvalue weighted by atomic mass is 35.5. The first-order valence-corrected chi connectivity index (χ1v) is 12.6. The maximum Gasteiger partial charge on any atom is 0.264 e. The second-order valence-electron chi connectivity index (χ2n) is 9.13. The fourth-order valence-electron chi connectivity index (χ4n) is 3.78. The number of benzene rings is 2. The van der Waals surface area contributed by atoms with Gasteiger partial charge in [-0.15, -0.1) is 0 Å². The molecule has 0 radical (unpaired) electrons. The van der Waals surface area contributed by atoms with Crippen LogP contribution in [0.2, 0.25) is 5.02 Å². The van der Waals surface area contributed by atoms with Gasteiger partial charge in [0.25, 0.3) is 21.8 Å². The minimum Gasteiger partial charge on any atom is -0.481 e. The van der Waals surface area contributed by atoms with Crippen molar-refractivity contribution in [2.75, 3.05) is 11.8 Å². The van der Waals surface area contributed by atoms with Gasteiger partial charge in [0, 0.05) is 12.3 Å². The zero-order valence-corrected chi connectivity index (χ0v) is 21.2. The molecule has 0 fully saturated rings. The average molecular weight is 514 g/mol. The van der Waals surface area contributed by atoms with Gasteiger partial charge in [-0.2, -0.15) is 0 Å². The highest BCUT2D eigenvalue weighted by Gasteiger charge is 2.40. The van der Waals surface area contributed by atoms with E-state index in [1.807, 2.05) is 20.8 Å². The largest absolute Gasteiger partial charge is 0.481 e. The fourth-order valence-corrected chi connectivity index (χ4v) is 5.09. The summed E-state index contributed by atoms with van der Waals surface area (Å²) in [5, 5.41) is 0.0608. The van der Waals surface area contributed by atoms with Gasteiger partial charge in [-0.05, 0) is 46.9 Å². The standard InChI is InChI=1S/C25H24ClN3O5S/c1-25(2,3)16-5-7-17(8-6-16)35(32,33)28-19-10-9-18(26)21-22(19)24(31)29(23(21)30)14-15-11-12-27-20(13-15)34-4/h5-13,28H,14H2,1-4H3. The van der Waals surface area contributed by atoms with Crippen molar-refractivity contribution in [2.45, 2.75) is 37.6 Å². The molecule has 35 heavy (non-hydrogen) atoms. The van der Waals surface area contributed by atoms with Gasteiger partial charge in [0.1, 0.15) is 0 Å². The molecule has 1 aromatic heterocycles. The van der Waals surface area contributed by atoms with Crippen LogP contribution in [0.4, 0.5) is 5.69 Å². The van der Waals surface area contributed by atoms with Gasteiger partial charge in [-0.1, -0.05) is 44.5 Å². The molecule has 3 aromatic rings. The van der Waals surface area contributed by atoms with Crippen molar-refractivity contribution in [2.24, 2.45) is 0 Å². The van der Waals surface area contributed by atoms with E-state index in [-0.39, 0.29) is 38.7 Å². The molecule has 10 heteroatoms. The average Bonchev–Trinajstić information content (AvgIpc) is 3.06. The first-order valence-electron chi connectivity index (χ1n) is 10.7. The Balaban J connectivity index is 1.67. The number of rotatable bonds is 6. The molecule has 1 aliphatic rings. The normalized spacial score (nSPS) is 13.7. The van der Waals surface area contributed by atoms with E-state index < -0.39 is 21.8 Å². The quantitative estimate of drug-likeness (QED) is 0.481. The Hall–Kier alpha value is -3.43. The van der Waals surface area contributed by atoms with E-state index in [4.69, 9.17) is 16.3 Å². The number of nitrogens with zero attached hydrogens (tertiary/aromatic N) is 2. The lowest BCUT2D eigenvalue weighted by molar-refractivity contribution is 0.0642. The van der Waals surface area contributed by atoms with Gasteiger partial charge in [-0.25, -0.2) is 13.4 Å². The second-order valence-corrected chi connectivity index (χ2v) is 11.2. The molecule has 0 saturated carbocycles. The van der Waals surface area contributed by atoms with Crippen molar-refractivity contribution in [3.05, 3.63) is 82.0 Å². The number of pyridine rings is 1. The number of halogens is 1. The van der Waals surface area contributed by atoms with Gasteiger partial charge in [0.05, 0.1) is 40.4 Å². The minimum atomic E-state index is -4.04. The van der Waals surface area contributed by atoms with Crippen molar-refractivity contribution >= 4 is 39.1 Å². The lowest BCUT2D eigenvalue weighted by Crippen LogP contribution is -2.29. The van der Waals surface area contributed by atoms with Crippen LogP contribution >= 0.6 is 11.6 Å². The molecule has 2 amide bonds. The van der Waals surface area contributed by atoms with E-state index in [1.54, 1.807) is 24.3 Å². The lowest BCUT2D eigenvalue weighted by Gasteiger charge is -2.19. The van der Waals surface area contributed by atoms with Crippen LogP contribution in [0.15, 0.2) is 59.6 Å². The summed E-state index contributed by atoms with van der Waals surface area (Å²) in [5.74, 6) is -0.923. The molecular weight excluding hydrogens is 490 g/mol. The predicted molar refractivity (Wildman–Crippen MR) is 132 cm³/mol. The van der Waals surface area contributed by atoms with E-state index in [2.05, 4.69) is 9.71 Å². The SMILES string of the molecule is COc1cc(CN2C(=O)c3c(Cl)ccc(NS(=O)(=O)c4ccc(C(C)(C)C)cc4)c3C2=O)ccn1.